The maximum Gasteiger partial charge on any atom is 0.326 e. The van der Waals surface area contributed by atoms with Crippen molar-refractivity contribution in [3.63, 3.8) is 0 Å². The Morgan fingerprint density at radius 2 is 1.32 bits per heavy atom. The van der Waals surface area contributed by atoms with E-state index in [4.69, 9.17) is 16.6 Å². The predicted octanol–water partition coefficient (Wildman–Crippen LogP) is -2.77. The van der Waals surface area contributed by atoms with Gasteiger partial charge in [0.05, 0.1) is 19.1 Å². The summed E-state index contributed by atoms with van der Waals surface area (Å²) in [5.41, 5.74) is 10.7. The number of primary amides is 1. The summed E-state index contributed by atoms with van der Waals surface area (Å²) in [6.45, 7) is -0.733. The Labute approximate surface area is 189 Å². The van der Waals surface area contributed by atoms with Gasteiger partial charge in [0, 0.05) is 0 Å². The first-order valence-electron chi connectivity index (χ1n) is 9.33. The highest BCUT2D eigenvalue weighted by atomic mass is 32.2. The number of aliphatic carboxylic acids is 1. The number of carbonyl (C=O) groups excluding carboxylic acids is 4. The molecule has 4 atom stereocenters. The zero-order valence-corrected chi connectivity index (χ0v) is 19.1. The lowest BCUT2D eigenvalue weighted by Crippen LogP contribution is -2.58. The van der Waals surface area contributed by atoms with Crippen molar-refractivity contribution in [3.8, 4) is 0 Å². The van der Waals surface area contributed by atoms with Crippen molar-refractivity contribution in [1.29, 1.82) is 0 Å². The molecular formula is C17H31N5O7S2. The molecule has 0 radical (unpaired) electrons. The van der Waals surface area contributed by atoms with Crippen molar-refractivity contribution < 1.29 is 34.2 Å². The molecule has 14 heteroatoms. The van der Waals surface area contributed by atoms with Crippen molar-refractivity contribution in [2.24, 2.45) is 11.5 Å². The second-order valence-electron chi connectivity index (χ2n) is 6.54. The number of thioether (sulfide) groups is 2. The Morgan fingerprint density at radius 1 is 0.839 bits per heavy atom. The molecule has 9 N–H and O–H groups in total. The number of rotatable bonds is 16. The Bertz CT molecular complexity index is 638. The quantitative estimate of drug-likeness (QED) is 0.120. The number of hydrogen-bond acceptors (Lipinski definition) is 9. The minimum absolute atomic E-state index is 0.140. The van der Waals surface area contributed by atoms with Crippen LogP contribution in [0.4, 0.5) is 0 Å². The maximum absolute atomic E-state index is 12.5. The topological polar surface area (TPSA) is 214 Å². The van der Waals surface area contributed by atoms with E-state index < -0.39 is 66.8 Å². The molecule has 0 spiro atoms. The van der Waals surface area contributed by atoms with E-state index in [1.807, 2.05) is 6.26 Å². The predicted molar refractivity (Wildman–Crippen MR) is 118 cm³/mol. The van der Waals surface area contributed by atoms with Crippen LogP contribution >= 0.6 is 23.5 Å². The first-order chi connectivity index (χ1) is 14.6. The normalized spacial score (nSPS) is 14.6. The molecule has 12 nitrogen and oxygen atoms in total. The fourth-order valence-corrected chi connectivity index (χ4v) is 3.26. The van der Waals surface area contributed by atoms with Crippen molar-refractivity contribution in [2.45, 2.75) is 43.4 Å². The fourth-order valence-electron chi connectivity index (χ4n) is 2.30. The highest BCUT2D eigenvalue weighted by Gasteiger charge is 2.30. The standard InChI is InChI=1S/C17H31N5O7S2/c1-30-5-3-9(18)14(25)22-12(8-23)16(27)20-10(4-6-31-2)15(26)21-11(17(28)29)7-13(19)24/h9-12,23H,3-8,18H2,1-2H3,(H2,19,24)(H,20,27)(H,21,26)(H,22,25)(H,28,29). The lowest BCUT2D eigenvalue weighted by atomic mass is 10.1. The molecule has 0 aromatic carbocycles. The van der Waals surface area contributed by atoms with Crippen molar-refractivity contribution in [2.75, 3.05) is 30.6 Å². The molecular weight excluding hydrogens is 450 g/mol. The number of nitrogens with one attached hydrogen (secondary N) is 3. The van der Waals surface area contributed by atoms with Gasteiger partial charge in [-0.1, -0.05) is 0 Å². The fraction of sp³-hybridized carbons (Fsp3) is 0.706. The zero-order valence-electron chi connectivity index (χ0n) is 17.5. The number of aliphatic hydroxyl groups excluding tert-OH is 1. The van der Waals surface area contributed by atoms with Crippen molar-refractivity contribution in [3.05, 3.63) is 0 Å². The lowest BCUT2D eigenvalue weighted by molar-refractivity contribution is -0.143. The summed E-state index contributed by atoms with van der Waals surface area (Å²) in [5, 5.41) is 25.5. The average Bonchev–Trinajstić information content (AvgIpc) is 2.71. The summed E-state index contributed by atoms with van der Waals surface area (Å²) in [6, 6.07) is -4.93. The number of hydrogen-bond donors (Lipinski definition) is 7. The van der Waals surface area contributed by atoms with E-state index in [2.05, 4.69) is 16.0 Å². The molecule has 0 aliphatic carbocycles. The van der Waals surface area contributed by atoms with Gasteiger partial charge in [0.1, 0.15) is 18.1 Å². The molecule has 31 heavy (non-hydrogen) atoms. The third-order valence-corrected chi connectivity index (χ3v) is 5.34. The number of aliphatic hydroxyl groups is 1. The van der Waals surface area contributed by atoms with Gasteiger partial charge in [-0.25, -0.2) is 4.79 Å². The molecule has 0 aromatic heterocycles. The van der Waals surface area contributed by atoms with Gasteiger partial charge in [-0.05, 0) is 36.9 Å². The summed E-state index contributed by atoms with van der Waals surface area (Å²) < 4.78 is 0. The average molecular weight is 482 g/mol. The molecule has 4 amide bonds. The van der Waals surface area contributed by atoms with Crippen LogP contribution < -0.4 is 27.4 Å². The van der Waals surface area contributed by atoms with Crippen LogP contribution in [-0.4, -0.2) is 94.6 Å². The number of nitrogens with two attached hydrogens (primary N) is 2. The minimum Gasteiger partial charge on any atom is -0.480 e. The van der Waals surface area contributed by atoms with Gasteiger partial charge in [0.2, 0.25) is 23.6 Å². The number of carboxylic acid groups (broad SMARTS) is 1. The largest absolute Gasteiger partial charge is 0.480 e. The highest BCUT2D eigenvalue weighted by molar-refractivity contribution is 7.98. The zero-order chi connectivity index (χ0) is 24.0. The molecule has 0 aliphatic rings. The second-order valence-corrected chi connectivity index (χ2v) is 8.52. The van der Waals surface area contributed by atoms with Crippen LogP contribution in [0.15, 0.2) is 0 Å². The van der Waals surface area contributed by atoms with E-state index in [9.17, 15) is 29.1 Å². The van der Waals surface area contributed by atoms with Crippen molar-refractivity contribution in [1.82, 2.24) is 16.0 Å². The van der Waals surface area contributed by atoms with Crippen LogP contribution in [0, 0.1) is 0 Å². The summed E-state index contributed by atoms with van der Waals surface area (Å²) in [5.74, 6) is -3.59. The van der Waals surface area contributed by atoms with Crippen LogP contribution in [-0.2, 0) is 24.0 Å². The van der Waals surface area contributed by atoms with Gasteiger partial charge in [-0.2, -0.15) is 23.5 Å². The smallest absolute Gasteiger partial charge is 0.326 e. The van der Waals surface area contributed by atoms with E-state index in [1.54, 1.807) is 6.26 Å². The number of carbonyl (C=O) groups is 5. The van der Waals surface area contributed by atoms with Crippen molar-refractivity contribution >= 4 is 53.1 Å². The van der Waals surface area contributed by atoms with E-state index >= 15 is 0 Å². The number of amides is 4. The Morgan fingerprint density at radius 3 is 1.81 bits per heavy atom. The molecule has 4 unspecified atom stereocenters. The van der Waals surface area contributed by atoms with Gasteiger partial charge in [-0.3, -0.25) is 19.2 Å². The van der Waals surface area contributed by atoms with Gasteiger partial charge >= 0.3 is 5.97 Å². The van der Waals surface area contributed by atoms with Crippen LogP contribution in [0.25, 0.3) is 0 Å². The summed E-state index contributed by atoms with van der Waals surface area (Å²) in [4.78, 5) is 59.4. The molecule has 0 heterocycles. The maximum atomic E-state index is 12.5. The van der Waals surface area contributed by atoms with Crippen LogP contribution in [0.1, 0.15) is 19.3 Å². The third kappa shape index (κ3) is 11.8. The minimum atomic E-state index is -1.55. The Balaban J connectivity index is 5.18. The second kappa shape index (κ2) is 15.7. The van der Waals surface area contributed by atoms with Crippen LogP contribution in [0.5, 0.6) is 0 Å². The van der Waals surface area contributed by atoms with E-state index in [0.29, 0.717) is 17.9 Å². The van der Waals surface area contributed by atoms with E-state index in [1.165, 1.54) is 23.5 Å². The van der Waals surface area contributed by atoms with Crippen LogP contribution in [0.2, 0.25) is 0 Å². The summed E-state index contributed by atoms with van der Waals surface area (Å²) >= 11 is 2.89. The lowest BCUT2D eigenvalue weighted by Gasteiger charge is -2.24. The van der Waals surface area contributed by atoms with Gasteiger partial charge in [-0.15, -0.1) is 0 Å². The van der Waals surface area contributed by atoms with Crippen LogP contribution in [0.3, 0.4) is 0 Å². The summed E-state index contributed by atoms with van der Waals surface area (Å²) in [7, 11) is 0. The SMILES string of the molecule is CSCCC(N)C(=O)NC(CO)C(=O)NC(CCSC)C(=O)NC(CC(N)=O)C(=O)O. The molecule has 0 rings (SSSR count). The molecule has 0 fully saturated rings. The number of carboxylic acids is 1. The van der Waals surface area contributed by atoms with Gasteiger partial charge < -0.3 is 37.6 Å². The Kier molecular flexibility index (Phi) is 14.7. The molecule has 0 aromatic rings. The molecule has 0 saturated carbocycles. The van der Waals surface area contributed by atoms with Gasteiger partial charge in [0.25, 0.3) is 0 Å². The van der Waals surface area contributed by atoms with E-state index in [-0.39, 0.29) is 6.42 Å². The highest BCUT2D eigenvalue weighted by Crippen LogP contribution is 2.04. The van der Waals surface area contributed by atoms with Gasteiger partial charge in [0.15, 0.2) is 0 Å². The molecule has 0 saturated heterocycles. The first kappa shape index (κ1) is 29.0. The summed E-state index contributed by atoms with van der Waals surface area (Å²) in [6.07, 6.45) is 3.53. The first-order valence-corrected chi connectivity index (χ1v) is 12.1. The molecule has 0 bridgehead atoms. The Hall–Kier alpha value is -2.03. The monoisotopic (exact) mass is 481 g/mol. The molecule has 178 valence electrons. The third-order valence-electron chi connectivity index (χ3n) is 4.05. The van der Waals surface area contributed by atoms with E-state index in [0.717, 1.165) is 0 Å². The molecule has 0 aliphatic heterocycles.